The minimum absolute atomic E-state index is 0.265. The van der Waals surface area contributed by atoms with E-state index in [0.717, 1.165) is 78.9 Å². The Hall–Kier alpha value is -1.93. The average molecular weight is 630 g/mol. The third-order valence-corrected chi connectivity index (χ3v) is 11.3. The zero-order chi connectivity index (χ0) is 30.6. The van der Waals surface area contributed by atoms with Crippen molar-refractivity contribution < 1.29 is 13.5 Å². The summed E-state index contributed by atoms with van der Waals surface area (Å²) in [5.74, 6) is 8.67. The summed E-state index contributed by atoms with van der Waals surface area (Å²) in [4.78, 5) is 2.40. The molecule has 1 unspecified atom stereocenters. The molecule has 2 fully saturated rings. The number of aromatic nitrogens is 2. The highest BCUT2D eigenvalue weighted by Crippen LogP contribution is 2.34. The Labute approximate surface area is 263 Å². The van der Waals surface area contributed by atoms with E-state index in [4.69, 9.17) is 16.7 Å². The predicted molar refractivity (Wildman–Crippen MR) is 173 cm³/mol. The molecule has 2 atom stereocenters. The van der Waals surface area contributed by atoms with E-state index in [2.05, 4.69) is 35.9 Å². The number of nitrogens with zero attached hydrogens (tertiary/aromatic N) is 4. The zero-order valence-electron chi connectivity index (χ0n) is 26.0. The van der Waals surface area contributed by atoms with Gasteiger partial charge in [-0.05, 0) is 81.7 Å². The number of halogens is 1. The van der Waals surface area contributed by atoms with Gasteiger partial charge in [0, 0.05) is 54.9 Å². The first-order valence-corrected chi connectivity index (χ1v) is 18.3. The van der Waals surface area contributed by atoms with Gasteiger partial charge in [-0.15, -0.1) is 0 Å². The highest BCUT2D eigenvalue weighted by atomic mass is 35.5. The van der Waals surface area contributed by atoms with E-state index < -0.39 is 16.1 Å². The van der Waals surface area contributed by atoms with E-state index in [1.165, 1.54) is 36.2 Å². The lowest BCUT2D eigenvalue weighted by molar-refractivity contribution is 0.0631. The number of β-amino-alcohol motifs (C(OH)–C–C–N with tert-alkyl or cyclic N) is 1. The zero-order valence-corrected chi connectivity index (χ0v) is 27.6. The van der Waals surface area contributed by atoms with Gasteiger partial charge in [0.1, 0.15) is 0 Å². The number of aliphatic hydroxyl groups is 1. The monoisotopic (exact) mass is 629 g/mol. The Bertz CT molecular complexity index is 1420. The molecule has 0 spiro atoms. The summed E-state index contributed by atoms with van der Waals surface area (Å²) < 4.78 is 28.4. The third-order valence-electron chi connectivity index (χ3n) is 9.71. The number of fused-ring (bicyclic) bond motifs is 1. The van der Waals surface area contributed by atoms with Crippen LogP contribution in [0.5, 0.6) is 0 Å². The van der Waals surface area contributed by atoms with Crippen molar-refractivity contribution in [3.63, 3.8) is 0 Å². The normalized spacial score (nSPS) is 20.8. The number of hydrogen-bond donors (Lipinski definition) is 2. The maximum absolute atomic E-state index is 12.5. The lowest BCUT2D eigenvalue weighted by Gasteiger charge is -2.38. The van der Waals surface area contributed by atoms with Gasteiger partial charge in [-0.2, -0.15) is 9.40 Å². The summed E-state index contributed by atoms with van der Waals surface area (Å²) in [6, 6.07) is 5.73. The number of sulfonamides is 1. The molecule has 2 aromatic rings. The van der Waals surface area contributed by atoms with Gasteiger partial charge >= 0.3 is 0 Å². The molecule has 1 aromatic heterocycles. The van der Waals surface area contributed by atoms with Gasteiger partial charge in [0.25, 0.3) is 0 Å². The lowest BCUT2D eigenvalue weighted by Crippen LogP contribution is -2.43. The van der Waals surface area contributed by atoms with E-state index in [0.29, 0.717) is 37.0 Å². The van der Waals surface area contributed by atoms with Crippen molar-refractivity contribution >= 4 is 21.6 Å². The molecule has 0 amide bonds. The molecular formula is C33H48ClN5O3S. The maximum atomic E-state index is 12.5. The van der Waals surface area contributed by atoms with Crippen LogP contribution in [0.2, 0.25) is 5.02 Å². The molecule has 4 heterocycles. The minimum atomic E-state index is -3.36. The fourth-order valence-corrected chi connectivity index (χ4v) is 7.79. The third kappa shape index (κ3) is 8.22. The lowest BCUT2D eigenvalue weighted by atomic mass is 9.79. The first-order valence-electron chi connectivity index (χ1n) is 16.1. The van der Waals surface area contributed by atoms with Gasteiger partial charge in [0.15, 0.2) is 0 Å². The Morgan fingerprint density at radius 1 is 1.12 bits per heavy atom. The molecule has 2 N–H and O–H groups in total. The molecule has 1 aromatic carbocycles. The summed E-state index contributed by atoms with van der Waals surface area (Å²) >= 11 is 6.52. The second-order valence-corrected chi connectivity index (χ2v) is 15.3. The molecular weight excluding hydrogens is 582 g/mol. The summed E-state index contributed by atoms with van der Waals surface area (Å²) in [5, 5.41) is 20.3. The Morgan fingerprint density at radius 3 is 2.53 bits per heavy atom. The van der Waals surface area contributed by atoms with E-state index in [9.17, 15) is 13.5 Å². The van der Waals surface area contributed by atoms with Crippen LogP contribution in [0.3, 0.4) is 0 Å². The van der Waals surface area contributed by atoms with Crippen LogP contribution in [0, 0.1) is 29.6 Å². The van der Waals surface area contributed by atoms with Crippen LogP contribution in [0.1, 0.15) is 69.2 Å². The van der Waals surface area contributed by atoms with Crippen molar-refractivity contribution in [3.8, 4) is 23.1 Å². The fourth-order valence-electron chi connectivity index (χ4n) is 6.84. The standard InChI is InChI=1S/C33H48ClN5O3S/c1-4-24(2)6-5-7-27-20-28(8-9-31(27)34)33-30-23-38(43(3,41)42)19-14-32(30)39(36-33)22-29(40)21-37-17-12-26(13-18-37)25-10-15-35-16-11-25/h8-9,20,24-26,29,35,40H,4,6,10-19,21-23H2,1-3H3/t24?,29-/m0/s1. The first kappa shape index (κ1) is 32.5. The minimum Gasteiger partial charge on any atom is -0.390 e. The van der Waals surface area contributed by atoms with E-state index in [-0.39, 0.29) is 6.54 Å². The number of nitrogens with one attached hydrogen (secondary N) is 1. The highest BCUT2D eigenvalue weighted by Gasteiger charge is 2.32. The van der Waals surface area contributed by atoms with Crippen LogP contribution in [-0.4, -0.2) is 84.1 Å². The number of rotatable bonds is 9. The van der Waals surface area contributed by atoms with E-state index in [1.54, 1.807) is 0 Å². The van der Waals surface area contributed by atoms with Crippen molar-refractivity contribution in [1.29, 1.82) is 0 Å². The Kier molecular flexibility index (Phi) is 10.9. The molecule has 236 valence electrons. The van der Waals surface area contributed by atoms with Crippen molar-refractivity contribution in [2.24, 2.45) is 17.8 Å². The van der Waals surface area contributed by atoms with Crippen LogP contribution >= 0.6 is 11.6 Å². The van der Waals surface area contributed by atoms with Crippen molar-refractivity contribution in [3.05, 3.63) is 40.0 Å². The quantitative estimate of drug-likeness (QED) is 0.400. The van der Waals surface area contributed by atoms with Crippen LogP contribution in [0.15, 0.2) is 18.2 Å². The van der Waals surface area contributed by atoms with Crippen molar-refractivity contribution in [1.82, 2.24) is 24.3 Å². The molecule has 5 rings (SSSR count). The molecule has 0 aliphatic carbocycles. The number of likely N-dealkylation sites (tertiary alicyclic amines) is 1. The van der Waals surface area contributed by atoms with Gasteiger partial charge in [-0.25, -0.2) is 8.42 Å². The van der Waals surface area contributed by atoms with Gasteiger partial charge < -0.3 is 15.3 Å². The molecule has 43 heavy (non-hydrogen) atoms. The SMILES string of the molecule is CCC(C)CC#Cc1cc(-c2nn(C[C@@H](O)CN3CCC(C4CCNCC4)CC3)c3c2CN(S(C)(=O)=O)CC3)ccc1Cl. The molecule has 0 radical (unpaired) electrons. The second-order valence-electron chi connectivity index (χ2n) is 12.9. The maximum Gasteiger partial charge on any atom is 0.211 e. The Balaban J connectivity index is 1.33. The highest BCUT2D eigenvalue weighted by molar-refractivity contribution is 7.88. The summed E-state index contributed by atoms with van der Waals surface area (Å²) in [5.41, 5.74) is 4.23. The molecule has 10 heteroatoms. The van der Waals surface area contributed by atoms with Gasteiger partial charge in [-0.1, -0.05) is 49.8 Å². The van der Waals surface area contributed by atoms with Crippen LogP contribution < -0.4 is 5.32 Å². The van der Waals surface area contributed by atoms with E-state index >= 15 is 0 Å². The van der Waals surface area contributed by atoms with Gasteiger partial charge in [0.05, 0.1) is 29.6 Å². The number of benzene rings is 1. The fraction of sp³-hybridized carbons (Fsp3) is 0.667. The second kappa shape index (κ2) is 14.4. The molecule has 2 saturated heterocycles. The topological polar surface area (TPSA) is 90.7 Å². The summed E-state index contributed by atoms with van der Waals surface area (Å²) in [6.07, 6.45) is 8.12. The predicted octanol–water partition coefficient (Wildman–Crippen LogP) is 4.38. The molecule has 3 aliphatic rings. The first-order chi connectivity index (χ1) is 20.6. The number of hydrogen-bond acceptors (Lipinski definition) is 6. The van der Waals surface area contributed by atoms with Crippen molar-refractivity contribution in [2.75, 3.05) is 45.5 Å². The number of piperidine rings is 2. The van der Waals surface area contributed by atoms with Crippen molar-refractivity contribution in [2.45, 2.75) is 78.0 Å². The smallest absolute Gasteiger partial charge is 0.211 e. The van der Waals surface area contributed by atoms with Gasteiger partial charge in [0.2, 0.25) is 10.0 Å². The van der Waals surface area contributed by atoms with Crippen LogP contribution in [0.25, 0.3) is 11.3 Å². The molecule has 0 saturated carbocycles. The van der Waals surface area contributed by atoms with Crippen LogP contribution in [0.4, 0.5) is 0 Å². The summed E-state index contributed by atoms with van der Waals surface area (Å²) in [6.45, 7) is 10.4. The van der Waals surface area contributed by atoms with E-state index in [1.807, 2.05) is 22.9 Å². The summed E-state index contributed by atoms with van der Waals surface area (Å²) in [7, 11) is -3.36. The molecule has 0 bridgehead atoms. The largest absolute Gasteiger partial charge is 0.390 e. The Morgan fingerprint density at radius 2 is 1.84 bits per heavy atom. The average Bonchev–Trinajstić information content (AvgIpc) is 3.35. The van der Waals surface area contributed by atoms with Gasteiger partial charge in [-0.3, -0.25) is 4.68 Å². The number of aliphatic hydroxyl groups excluding tert-OH is 1. The molecule has 8 nitrogen and oxygen atoms in total. The molecule has 3 aliphatic heterocycles. The van der Waals surface area contributed by atoms with Crippen LogP contribution in [-0.2, 0) is 29.5 Å².